The first-order valence-electron chi connectivity index (χ1n) is 9.85. The van der Waals surface area contributed by atoms with Crippen LogP contribution in [0.15, 0.2) is 0 Å². The maximum Gasteiger partial charge on any atom is 0.339 e. The maximum absolute atomic E-state index is 12.6. The summed E-state index contributed by atoms with van der Waals surface area (Å²) in [5.74, 6) is -0.434. The summed E-state index contributed by atoms with van der Waals surface area (Å²) in [5, 5.41) is 2.91. The fourth-order valence-corrected chi connectivity index (χ4v) is 3.58. The van der Waals surface area contributed by atoms with E-state index in [0.29, 0.717) is 54.9 Å². The second-order valence-corrected chi connectivity index (χ2v) is 7.02. The lowest BCUT2D eigenvalue weighted by molar-refractivity contribution is -0.130. The van der Waals surface area contributed by atoms with Crippen molar-refractivity contribution in [1.82, 2.24) is 15.2 Å². The molecule has 0 atom stereocenters. The summed E-state index contributed by atoms with van der Waals surface area (Å²) in [7, 11) is 1.34. The number of H-pyrrole nitrogens is 1. The van der Waals surface area contributed by atoms with Crippen LogP contribution in [0.1, 0.15) is 77.6 Å². The Morgan fingerprint density at radius 3 is 2.74 bits per heavy atom. The quantitative estimate of drug-likeness (QED) is 0.538. The molecule has 2 amide bonds. The van der Waals surface area contributed by atoms with Gasteiger partial charge in [-0.05, 0) is 38.2 Å². The molecule has 2 rings (SSSR count). The smallest absolute Gasteiger partial charge is 0.339 e. The Morgan fingerprint density at radius 2 is 2.04 bits per heavy atom. The summed E-state index contributed by atoms with van der Waals surface area (Å²) in [6, 6.07) is 0. The molecule has 0 aromatic carbocycles. The Hall–Kier alpha value is -2.31. The molecule has 0 bridgehead atoms. The van der Waals surface area contributed by atoms with Crippen LogP contribution in [0.3, 0.4) is 0 Å². The van der Waals surface area contributed by atoms with E-state index in [2.05, 4.69) is 10.3 Å². The number of hydrogen-bond acceptors (Lipinski definition) is 4. The van der Waals surface area contributed by atoms with E-state index in [1.165, 1.54) is 7.11 Å². The number of nitrogens with one attached hydrogen (secondary N) is 2. The molecule has 7 heteroatoms. The van der Waals surface area contributed by atoms with E-state index in [1.54, 1.807) is 6.92 Å². The molecule has 2 N–H and O–H groups in total. The van der Waals surface area contributed by atoms with E-state index >= 15 is 0 Å². The van der Waals surface area contributed by atoms with Gasteiger partial charge < -0.3 is 19.9 Å². The molecular formula is C20H31N3O4. The van der Waals surface area contributed by atoms with Crippen molar-refractivity contribution in [3.8, 4) is 0 Å². The number of nitrogens with zero attached hydrogens (tertiary/aromatic N) is 1. The fourth-order valence-electron chi connectivity index (χ4n) is 3.58. The number of carbonyl (C=O) groups excluding carboxylic acids is 3. The zero-order valence-corrected chi connectivity index (χ0v) is 16.7. The van der Waals surface area contributed by atoms with Crippen LogP contribution >= 0.6 is 0 Å². The number of carbonyl (C=O) groups is 3. The molecule has 7 nitrogen and oxygen atoms in total. The molecule has 1 aliphatic rings. The van der Waals surface area contributed by atoms with E-state index in [4.69, 9.17) is 4.74 Å². The van der Waals surface area contributed by atoms with Crippen molar-refractivity contribution in [2.24, 2.45) is 0 Å². The van der Waals surface area contributed by atoms with Crippen molar-refractivity contribution in [3.05, 3.63) is 22.5 Å². The van der Waals surface area contributed by atoms with Crippen molar-refractivity contribution in [2.75, 3.05) is 26.7 Å². The minimum atomic E-state index is -0.425. The van der Waals surface area contributed by atoms with E-state index in [9.17, 15) is 14.4 Å². The largest absolute Gasteiger partial charge is 0.465 e. The Kier molecular flexibility index (Phi) is 7.88. The number of esters is 1. The number of aromatic amines is 1. The van der Waals surface area contributed by atoms with Crippen molar-refractivity contribution in [1.29, 1.82) is 0 Å². The summed E-state index contributed by atoms with van der Waals surface area (Å²) in [4.78, 5) is 41.6. The first kappa shape index (κ1) is 21.0. The second-order valence-electron chi connectivity index (χ2n) is 7.02. The van der Waals surface area contributed by atoms with Gasteiger partial charge in [0.1, 0.15) is 5.69 Å². The summed E-state index contributed by atoms with van der Waals surface area (Å²) in [5.41, 5.74) is 2.24. The molecule has 0 aliphatic carbocycles. The third-order valence-corrected chi connectivity index (χ3v) is 4.97. The molecule has 1 aromatic heterocycles. The molecule has 1 aliphatic heterocycles. The third kappa shape index (κ3) is 5.34. The van der Waals surface area contributed by atoms with E-state index in [0.717, 1.165) is 32.2 Å². The number of amides is 2. The normalized spacial score (nSPS) is 14.8. The highest BCUT2D eigenvalue weighted by atomic mass is 16.5. The molecule has 1 saturated heterocycles. The highest BCUT2D eigenvalue weighted by Crippen LogP contribution is 2.21. The van der Waals surface area contributed by atoms with Gasteiger partial charge in [-0.2, -0.15) is 0 Å². The zero-order chi connectivity index (χ0) is 19.8. The van der Waals surface area contributed by atoms with Crippen LogP contribution in [0, 0.1) is 6.92 Å². The van der Waals surface area contributed by atoms with Gasteiger partial charge in [-0.25, -0.2) is 4.79 Å². The van der Waals surface area contributed by atoms with Crippen molar-refractivity contribution in [2.45, 2.75) is 58.8 Å². The Morgan fingerprint density at radius 1 is 1.26 bits per heavy atom. The molecule has 0 radical (unpaired) electrons. The van der Waals surface area contributed by atoms with Crippen LogP contribution in [0.25, 0.3) is 0 Å². The number of rotatable bonds is 8. The lowest BCUT2D eigenvalue weighted by Crippen LogP contribution is -2.34. The number of methoxy groups -OCH3 is 1. The molecule has 0 spiro atoms. The van der Waals surface area contributed by atoms with E-state index in [-0.39, 0.29) is 11.8 Å². The van der Waals surface area contributed by atoms with E-state index in [1.807, 2.05) is 11.8 Å². The molecule has 1 fully saturated rings. The SMILES string of the molecule is CCCc1c(C(=O)NCCCN2CCCCCC2=O)[nH]c(C)c1C(=O)OC. The Balaban J connectivity index is 1.95. The molecule has 0 unspecified atom stereocenters. The average molecular weight is 377 g/mol. The number of likely N-dealkylation sites (tertiary alicyclic amines) is 1. The minimum Gasteiger partial charge on any atom is -0.465 e. The summed E-state index contributed by atoms with van der Waals surface area (Å²) < 4.78 is 4.86. The average Bonchev–Trinajstić information content (AvgIpc) is 2.83. The van der Waals surface area contributed by atoms with Crippen LogP contribution < -0.4 is 5.32 Å². The van der Waals surface area contributed by atoms with Gasteiger partial charge >= 0.3 is 5.97 Å². The van der Waals surface area contributed by atoms with Crippen LogP contribution in [0.4, 0.5) is 0 Å². The molecule has 2 heterocycles. The molecule has 150 valence electrons. The first-order chi connectivity index (χ1) is 13.0. The van der Waals surface area contributed by atoms with Gasteiger partial charge in [0.05, 0.1) is 12.7 Å². The van der Waals surface area contributed by atoms with Crippen LogP contribution in [-0.4, -0.2) is 54.4 Å². The minimum absolute atomic E-state index is 0.215. The highest BCUT2D eigenvalue weighted by molar-refractivity contribution is 6.00. The third-order valence-electron chi connectivity index (χ3n) is 4.97. The molecular weight excluding hydrogens is 346 g/mol. The predicted octanol–water partition coefficient (Wildman–Crippen LogP) is 2.58. The maximum atomic E-state index is 12.6. The monoisotopic (exact) mass is 377 g/mol. The van der Waals surface area contributed by atoms with Gasteiger partial charge in [-0.1, -0.05) is 19.8 Å². The standard InChI is InChI=1S/C20H31N3O4/c1-4-9-15-17(20(26)27-3)14(2)22-18(15)19(25)21-11-8-13-23-12-7-5-6-10-16(23)24/h22H,4-13H2,1-3H3,(H,21,25). The number of hydrogen-bond donors (Lipinski definition) is 2. The van der Waals surface area contributed by atoms with Gasteiger partial charge in [0.25, 0.3) is 5.91 Å². The Bertz CT molecular complexity index is 681. The topological polar surface area (TPSA) is 91.5 Å². The number of ether oxygens (including phenoxy) is 1. The summed E-state index contributed by atoms with van der Waals surface area (Å²) in [6.45, 7) is 5.74. The van der Waals surface area contributed by atoms with Crippen LogP contribution in [0.5, 0.6) is 0 Å². The molecule has 1 aromatic rings. The van der Waals surface area contributed by atoms with Crippen molar-refractivity contribution < 1.29 is 19.1 Å². The van der Waals surface area contributed by atoms with Crippen LogP contribution in [0.2, 0.25) is 0 Å². The van der Waals surface area contributed by atoms with Gasteiger partial charge in [-0.3, -0.25) is 9.59 Å². The molecule has 27 heavy (non-hydrogen) atoms. The van der Waals surface area contributed by atoms with Crippen molar-refractivity contribution >= 4 is 17.8 Å². The van der Waals surface area contributed by atoms with Gasteiger partial charge in [0.2, 0.25) is 5.91 Å². The van der Waals surface area contributed by atoms with Gasteiger partial charge in [0.15, 0.2) is 0 Å². The number of aryl methyl sites for hydroxylation is 1. The predicted molar refractivity (Wildman–Crippen MR) is 103 cm³/mol. The van der Waals surface area contributed by atoms with E-state index < -0.39 is 5.97 Å². The summed E-state index contributed by atoms with van der Waals surface area (Å²) in [6.07, 6.45) is 5.92. The lowest BCUT2D eigenvalue weighted by atomic mass is 10.0. The zero-order valence-electron chi connectivity index (χ0n) is 16.7. The number of aromatic nitrogens is 1. The fraction of sp³-hybridized carbons (Fsp3) is 0.650. The molecule has 0 saturated carbocycles. The van der Waals surface area contributed by atoms with Crippen molar-refractivity contribution in [3.63, 3.8) is 0 Å². The lowest BCUT2D eigenvalue weighted by Gasteiger charge is -2.20. The second kappa shape index (κ2) is 10.1. The van der Waals surface area contributed by atoms with Gasteiger partial charge in [0, 0.05) is 31.7 Å². The first-order valence-corrected chi connectivity index (χ1v) is 9.85. The van der Waals surface area contributed by atoms with Gasteiger partial charge in [-0.15, -0.1) is 0 Å². The summed E-state index contributed by atoms with van der Waals surface area (Å²) >= 11 is 0. The van der Waals surface area contributed by atoms with Crippen LogP contribution in [-0.2, 0) is 16.0 Å². The highest BCUT2D eigenvalue weighted by Gasteiger charge is 2.24. The Labute approximate surface area is 160 Å².